The third-order valence-electron chi connectivity index (χ3n) is 1.86. The molecule has 0 atom stereocenters. The average Bonchev–Trinajstić information content (AvgIpc) is 2.11. The molecule has 0 aromatic carbocycles. The van der Waals surface area contributed by atoms with E-state index in [2.05, 4.69) is 0 Å². The molecule has 1 N–H and O–H groups in total. The van der Waals surface area contributed by atoms with Crippen LogP contribution in [0.15, 0.2) is 0 Å². The molecule has 78 valence electrons. The van der Waals surface area contributed by atoms with E-state index in [1.165, 1.54) is 0 Å². The zero-order valence-electron chi connectivity index (χ0n) is 8.28. The molecule has 0 saturated carbocycles. The lowest BCUT2D eigenvalue weighted by atomic mass is 10.1. The zero-order valence-corrected chi connectivity index (χ0v) is 8.28. The molecule has 0 aromatic heterocycles. The summed E-state index contributed by atoms with van der Waals surface area (Å²) in [6.07, 6.45) is 3.52. The lowest BCUT2D eigenvalue weighted by Crippen LogP contribution is -2.12. The summed E-state index contributed by atoms with van der Waals surface area (Å²) in [6, 6.07) is 0. The second-order valence-corrected chi connectivity index (χ2v) is 2.89. The van der Waals surface area contributed by atoms with E-state index in [1.807, 2.05) is 0 Å². The van der Waals surface area contributed by atoms with Crippen LogP contribution in [0, 0.1) is 0 Å². The number of unbranched alkanes of at least 4 members (excludes halogenated alkanes) is 2. The molecule has 4 heteroatoms. The van der Waals surface area contributed by atoms with Gasteiger partial charge in [0.05, 0.1) is 0 Å². The average molecular weight is 190 g/mol. The van der Waals surface area contributed by atoms with Gasteiger partial charge in [0.1, 0.15) is 0 Å². The van der Waals surface area contributed by atoms with Crippen LogP contribution < -0.4 is 0 Å². The number of hydrogen-bond donors (Lipinski definition) is 1. The van der Waals surface area contributed by atoms with E-state index < -0.39 is 5.97 Å². The summed E-state index contributed by atoms with van der Waals surface area (Å²) in [5.74, 6) is -0.727. The van der Waals surface area contributed by atoms with Crippen molar-refractivity contribution in [3.05, 3.63) is 0 Å². The third kappa shape index (κ3) is 7.74. The molecule has 0 spiro atoms. The smallest absolute Gasteiger partial charge is 0.303 e. The first-order valence-electron chi connectivity index (χ1n) is 4.48. The largest absolute Gasteiger partial charge is 0.481 e. The Bertz CT molecular complexity index is 132. The molecule has 0 unspecified atom stereocenters. The third-order valence-corrected chi connectivity index (χ3v) is 1.86. The van der Waals surface area contributed by atoms with Gasteiger partial charge in [-0.15, -0.1) is 0 Å². The number of aliphatic carboxylic acids is 1. The molecule has 0 radical (unpaired) electrons. The SMILES string of the molecule is COC(CCCCCC(=O)O)OC. The van der Waals surface area contributed by atoms with E-state index in [0.717, 1.165) is 25.7 Å². The van der Waals surface area contributed by atoms with Gasteiger partial charge < -0.3 is 14.6 Å². The van der Waals surface area contributed by atoms with Crippen LogP contribution in [-0.4, -0.2) is 31.6 Å². The Morgan fingerprint density at radius 3 is 2.31 bits per heavy atom. The first-order valence-corrected chi connectivity index (χ1v) is 4.48. The number of carboxylic acid groups (broad SMARTS) is 1. The maximum absolute atomic E-state index is 10.2. The number of carbonyl (C=O) groups is 1. The van der Waals surface area contributed by atoms with Crippen LogP contribution in [-0.2, 0) is 14.3 Å². The summed E-state index contributed by atoms with van der Waals surface area (Å²) < 4.78 is 9.98. The predicted octanol–water partition coefficient (Wildman–Crippen LogP) is 1.64. The van der Waals surface area contributed by atoms with Crippen LogP contribution in [0.3, 0.4) is 0 Å². The van der Waals surface area contributed by atoms with Crippen LogP contribution in [0.25, 0.3) is 0 Å². The van der Waals surface area contributed by atoms with Gasteiger partial charge in [0.2, 0.25) is 0 Å². The minimum absolute atomic E-state index is 0.148. The molecule has 0 heterocycles. The highest BCUT2D eigenvalue weighted by Crippen LogP contribution is 2.07. The molecular weight excluding hydrogens is 172 g/mol. The fraction of sp³-hybridized carbons (Fsp3) is 0.889. The predicted molar refractivity (Wildman–Crippen MR) is 48.5 cm³/mol. The molecule has 0 rings (SSSR count). The van der Waals surface area contributed by atoms with Gasteiger partial charge >= 0.3 is 5.97 Å². The van der Waals surface area contributed by atoms with Gasteiger partial charge in [-0.25, -0.2) is 0 Å². The van der Waals surface area contributed by atoms with Crippen molar-refractivity contribution in [3.8, 4) is 0 Å². The zero-order chi connectivity index (χ0) is 10.1. The van der Waals surface area contributed by atoms with Crippen molar-refractivity contribution in [2.24, 2.45) is 0 Å². The Morgan fingerprint density at radius 1 is 1.23 bits per heavy atom. The van der Waals surface area contributed by atoms with Crippen LogP contribution in [0.4, 0.5) is 0 Å². The van der Waals surface area contributed by atoms with Crippen molar-refractivity contribution in [1.29, 1.82) is 0 Å². The molecule has 0 aromatic rings. The van der Waals surface area contributed by atoms with Crippen molar-refractivity contribution >= 4 is 5.97 Å². The lowest BCUT2D eigenvalue weighted by molar-refractivity contribution is -0.137. The van der Waals surface area contributed by atoms with Crippen molar-refractivity contribution in [3.63, 3.8) is 0 Å². The summed E-state index contributed by atoms with van der Waals surface area (Å²) >= 11 is 0. The minimum atomic E-state index is -0.727. The second kappa shape index (κ2) is 8.01. The second-order valence-electron chi connectivity index (χ2n) is 2.89. The van der Waals surface area contributed by atoms with E-state index in [9.17, 15) is 4.79 Å². The molecule has 0 amide bonds. The van der Waals surface area contributed by atoms with Crippen molar-refractivity contribution in [1.82, 2.24) is 0 Å². The molecule has 0 aliphatic heterocycles. The van der Waals surface area contributed by atoms with Gasteiger partial charge in [-0.2, -0.15) is 0 Å². The Kier molecular flexibility index (Phi) is 7.63. The van der Waals surface area contributed by atoms with Gasteiger partial charge in [-0.1, -0.05) is 6.42 Å². The number of methoxy groups -OCH3 is 2. The van der Waals surface area contributed by atoms with E-state index in [-0.39, 0.29) is 12.7 Å². The molecule has 0 aliphatic carbocycles. The van der Waals surface area contributed by atoms with Crippen molar-refractivity contribution < 1.29 is 19.4 Å². The molecule has 4 nitrogen and oxygen atoms in total. The summed E-state index contributed by atoms with van der Waals surface area (Å²) in [4.78, 5) is 10.2. The number of rotatable bonds is 8. The van der Waals surface area contributed by atoms with E-state index in [4.69, 9.17) is 14.6 Å². The van der Waals surface area contributed by atoms with Gasteiger partial charge in [-0.05, 0) is 19.3 Å². The van der Waals surface area contributed by atoms with Crippen LogP contribution in [0.5, 0.6) is 0 Å². The quantitative estimate of drug-likeness (QED) is 0.467. The summed E-state index contributed by atoms with van der Waals surface area (Å²) in [5, 5.41) is 8.36. The molecule has 0 aliphatic rings. The Labute approximate surface area is 78.8 Å². The topological polar surface area (TPSA) is 55.8 Å². The number of hydrogen-bond acceptors (Lipinski definition) is 3. The fourth-order valence-electron chi connectivity index (χ4n) is 1.10. The molecule has 0 bridgehead atoms. The van der Waals surface area contributed by atoms with E-state index >= 15 is 0 Å². The van der Waals surface area contributed by atoms with Gasteiger partial charge in [-0.3, -0.25) is 4.79 Å². The summed E-state index contributed by atoms with van der Waals surface area (Å²) in [5.41, 5.74) is 0. The fourth-order valence-corrected chi connectivity index (χ4v) is 1.10. The normalized spacial score (nSPS) is 10.7. The number of ether oxygens (including phenoxy) is 2. The summed E-state index contributed by atoms with van der Waals surface area (Å²) in [7, 11) is 3.21. The molecule has 0 saturated heterocycles. The highest BCUT2D eigenvalue weighted by molar-refractivity contribution is 5.66. The highest BCUT2D eigenvalue weighted by atomic mass is 16.7. The Hall–Kier alpha value is -0.610. The molecular formula is C9H18O4. The van der Waals surface area contributed by atoms with Crippen LogP contribution >= 0.6 is 0 Å². The van der Waals surface area contributed by atoms with Gasteiger partial charge in [0, 0.05) is 20.6 Å². The molecule has 13 heavy (non-hydrogen) atoms. The van der Waals surface area contributed by atoms with Crippen LogP contribution in [0.1, 0.15) is 32.1 Å². The van der Waals surface area contributed by atoms with E-state index in [0.29, 0.717) is 0 Å². The summed E-state index contributed by atoms with van der Waals surface area (Å²) in [6.45, 7) is 0. The van der Waals surface area contributed by atoms with Crippen LogP contribution in [0.2, 0.25) is 0 Å². The first kappa shape index (κ1) is 12.4. The van der Waals surface area contributed by atoms with Crippen molar-refractivity contribution in [2.45, 2.75) is 38.4 Å². The standard InChI is InChI=1S/C9H18O4/c1-12-9(13-2)7-5-3-4-6-8(10)11/h9H,3-7H2,1-2H3,(H,10,11). The Balaban J connectivity index is 3.19. The van der Waals surface area contributed by atoms with Crippen molar-refractivity contribution in [2.75, 3.05) is 14.2 Å². The van der Waals surface area contributed by atoms with Gasteiger partial charge in [0.15, 0.2) is 6.29 Å². The van der Waals surface area contributed by atoms with E-state index in [1.54, 1.807) is 14.2 Å². The maximum atomic E-state index is 10.2. The highest BCUT2D eigenvalue weighted by Gasteiger charge is 2.04. The first-order chi connectivity index (χ1) is 6.20. The Morgan fingerprint density at radius 2 is 1.85 bits per heavy atom. The van der Waals surface area contributed by atoms with Gasteiger partial charge in [0.25, 0.3) is 0 Å². The lowest BCUT2D eigenvalue weighted by Gasteiger charge is -2.12. The minimum Gasteiger partial charge on any atom is -0.481 e. The molecule has 0 fully saturated rings. The number of carboxylic acids is 1. The monoisotopic (exact) mass is 190 g/mol. The maximum Gasteiger partial charge on any atom is 0.303 e.